The second kappa shape index (κ2) is 46.0. The third-order valence-corrected chi connectivity index (χ3v) is 10.8. The number of rotatable bonds is 44. The Kier molecular flexibility index (Phi) is 45.9. The molecule has 0 saturated heterocycles. The number of hydrogen-bond donors (Lipinski definition) is 0. The molecular weight excluding hydrogens is 569 g/mol. The summed E-state index contributed by atoms with van der Waals surface area (Å²) in [7, 11) is 0. The van der Waals surface area contributed by atoms with Crippen molar-refractivity contribution in [3.05, 3.63) is 0 Å². The Bertz CT molecular complexity index is 457. The molecule has 0 aliphatic rings. The molecule has 0 aromatic rings. The quantitative estimate of drug-likeness (QED) is 0.0590. The molecule has 0 aromatic carbocycles. The molecule has 0 bridgehead atoms. The van der Waals surface area contributed by atoms with E-state index >= 15 is 0 Å². The standard InChI is InChI=1S/C46H94O/c1-3-5-7-9-11-13-15-17-19-21-23-25-26-28-30-32-34-36-38-40-42-44-46-47-45-43-41-39-37-35-33-31-29-27-24-22-20-18-16-14-12-10-8-6-4-2/h3-46H2,1-2H3. The lowest BCUT2D eigenvalue weighted by Gasteiger charge is -2.06. The van der Waals surface area contributed by atoms with E-state index < -0.39 is 0 Å². The summed E-state index contributed by atoms with van der Waals surface area (Å²) in [5.74, 6) is 0. The highest BCUT2D eigenvalue weighted by Gasteiger charge is 1.98. The summed E-state index contributed by atoms with van der Waals surface area (Å²) >= 11 is 0. The van der Waals surface area contributed by atoms with Crippen LogP contribution in [0.3, 0.4) is 0 Å². The van der Waals surface area contributed by atoms with Crippen LogP contribution in [-0.2, 0) is 4.74 Å². The Balaban J connectivity index is 3.03. The SMILES string of the molecule is CCCCCCCCCCCCCCCCCCCCCCCCOCCCCCCCCCCCCCCCCCCCCCC. The first-order valence-electron chi connectivity index (χ1n) is 23.0. The minimum atomic E-state index is 0.998. The molecule has 0 fully saturated rings. The molecule has 0 amide bonds. The Hall–Kier alpha value is -0.0400. The first-order valence-corrected chi connectivity index (χ1v) is 23.0. The zero-order valence-corrected chi connectivity index (χ0v) is 33.5. The predicted octanol–water partition coefficient (Wildman–Crippen LogP) is 17.4. The van der Waals surface area contributed by atoms with Crippen LogP contribution < -0.4 is 0 Å². The molecule has 0 radical (unpaired) electrons. The topological polar surface area (TPSA) is 9.23 Å². The predicted molar refractivity (Wildman–Crippen MR) is 216 cm³/mol. The summed E-state index contributed by atoms with van der Waals surface area (Å²) in [4.78, 5) is 0. The second-order valence-corrected chi connectivity index (χ2v) is 15.8. The van der Waals surface area contributed by atoms with Crippen molar-refractivity contribution in [1.82, 2.24) is 0 Å². The molecule has 47 heavy (non-hydrogen) atoms. The number of hydrogen-bond acceptors (Lipinski definition) is 1. The van der Waals surface area contributed by atoms with Gasteiger partial charge < -0.3 is 4.74 Å². The fourth-order valence-electron chi connectivity index (χ4n) is 7.37. The van der Waals surface area contributed by atoms with Crippen LogP contribution >= 0.6 is 0 Å². The Morgan fingerprint density at radius 1 is 0.170 bits per heavy atom. The molecule has 0 atom stereocenters. The van der Waals surface area contributed by atoms with Crippen molar-refractivity contribution in [3.63, 3.8) is 0 Å². The van der Waals surface area contributed by atoms with E-state index in [1.807, 2.05) is 0 Å². The molecule has 0 rings (SSSR count). The average molecular weight is 663 g/mol. The van der Waals surface area contributed by atoms with E-state index in [1.165, 1.54) is 270 Å². The van der Waals surface area contributed by atoms with Gasteiger partial charge in [-0.25, -0.2) is 0 Å². The van der Waals surface area contributed by atoms with Gasteiger partial charge in [-0.2, -0.15) is 0 Å². The van der Waals surface area contributed by atoms with Crippen LogP contribution in [0.15, 0.2) is 0 Å². The van der Waals surface area contributed by atoms with Crippen LogP contribution in [0, 0.1) is 0 Å². The molecule has 0 saturated carbocycles. The lowest BCUT2D eigenvalue weighted by atomic mass is 10.0. The van der Waals surface area contributed by atoms with E-state index in [1.54, 1.807) is 0 Å². The van der Waals surface area contributed by atoms with Crippen molar-refractivity contribution in [2.75, 3.05) is 13.2 Å². The van der Waals surface area contributed by atoms with Crippen molar-refractivity contribution >= 4 is 0 Å². The summed E-state index contributed by atoms with van der Waals surface area (Å²) in [5, 5.41) is 0. The number of unbranched alkanes of at least 4 members (excludes halogenated alkanes) is 40. The summed E-state index contributed by atoms with van der Waals surface area (Å²) in [6, 6.07) is 0. The van der Waals surface area contributed by atoms with Crippen molar-refractivity contribution in [2.24, 2.45) is 0 Å². The largest absolute Gasteiger partial charge is 0.381 e. The Labute approximate surface area is 300 Å². The highest BCUT2D eigenvalue weighted by Crippen LogP contribution is 2.17. The fraction of sp³-hybridized carbons (Fsp3) is 1.00. The van der Waals surface area contributed by atoms with Crippen LogP contribution in [0.4, 0.5) is 0 Å². The van der Waals surface area contributed by atoms with Crippen LogP contribution in [0.2, 0.25) is 0 Å². The van der Waals surface area contributed by atoms with E-state index in [0.717, 1.165) is 13.2 Å². The normalized spacial score (nSPS) is 11.6. The van der Waals surface area contributed by atoms with E-state index in [2.05, 4.69) is 13.8 Å². The molecule has 0 aromatic heterocycles. The lowest BCUT2D eigenvalue weighted by molar-refractivity contribution is 0.125. The molecule has 284 valence electrons. The van der Waals surface area contributed by atoms with E-state index in [9.17, 15) is 0 Å². The average Bonchev–Trinajstić information content (AvgIpc) is 3.08. The van der Waals surface area contributed by atoms with Crippen LogP contribution in [-0.4, -0.2) is 13.2 Å². The first-order chi connectivity index (χ1) is 23.4. The molecule has 0 unspecified atom stereocenters. The van der Waals surface area contributed by atoms with E-state index in [-0.39, 0.29) is 0 Å². The van der Waals surface area contributed by atoms with Gasteiger partial charge in [0.05, 0.1) is 0 Å². The fourth-order valence-corrected chi connectivity index (χ4v) is 7.37. The molecule has 1 heteroatoms. The summed E-state index contributed by atoms with van der Waals surface area (Å²) in [6.45, 7) is 6.61. The third-order valence-electron chi connectivity index (χ3n) is 10.8. The minimum Gasteiger partial charge on any atom is -0.381 e. The van der Waals surface area contributed by atoms with Gasteiger partial charge in [-0.1, -0.05) is 271 Å². The first kappa shape index (κ1) is 47.0. The number of ether oxygens (including phenoxy) is 1. The third kappa shape index (κ3) is 46.0. The van der Waals surface area contributed by atoms with Gasteiger partial charge in [-0.3, -0.25) is 0 Å². The summed E-state index contributed by atoms with van der Waals surface area (Å²) in [6.07, 6.45) is 61.0. The van der Waals surface area contributed by atoms with Gasteiger partial charge in [0.25, 0.3) is 0 Å². The summed E-state index contributed by atoms with van der Waals surface area (Å²) < 4.78 is 5.91. The lowest BCUT2D eigenvalue weighted by Crippen LogP contribution is -1.97. The monoisotopic (exact) mass is 663 g/mol. The summed E-state index contributed by atoms with van der Waals surface area (Å²) in [5.41, 5.74) is 0. The molecular formula is C46H94O. The molecule has 1 nitrogen and oxygen atoms in total. The zero-order valence-electron chi connectivity index (χ0n) is 33.5. The van der Waals surface area contributed by atoms with Gasteiger partial charge in [0.1, 0.15) is 0 Å². The highest BCUT2D eigenvalue weighted by atomic mass is 16.5. The highest BCUT2D eigenvalue weighted by molar-refractivity contribution is 4.53. The molecule has 0 aliphatic heterocycles. The second-order valence-electron chi connectivity index (χ2n) is 15.8. The van der Waals surface area contributed by atoms with Gasteiger partial charge in [-0.05, 0) is 12.8 Å². The van der Waals surface area contributed by atoms with Crippen molar-refractivity contribution < 1.29 is 4.74 Å². The Morgan fingerprint density at radius 3 is 0.447 bits per heavy atom. The maximum atomic E-state index is 5.91. The van der Waals surface area contributed by atoms with Crippen molar-refractivity contribution in [1.29, 1.82) is 0 Å². The molecule has 0 heterocycles. The maximum absolute atomic E-state index is 5.91. The van der Waals surface area contributed by atoms with Gasteiger partial charge >= 0.3 is 0 Å². The molecule has 0 N–H and O–H groups in total. The van der Waals surface area contributed by atoms with Crippen LogP contribution in [0.1, 0.15) is 284 Å². The van der Waals surface area contributed by atoms with Gasteiger partial charge in [0.15, 0.2) is 0 Å². The maximum Gasteiger partial charge on any atom is 0.0466 e. The van der Waals surface area contributed by atoms with Crippen LogP contribution in [0.5, 0.6) is 0 Å². The smallest absolute Gasteiger partial charge is 0.0466 e. The van der Waals surface area contributed by atoms with Crippen molar-refractivity contribution in [3.8, 4) is 0 Å². The molecule has 0 aliphatic carbocycles. The van der Waals surface area contributed by atoms with Crippen molar-refractivity contribution in [2.45, 2.75) is 284 Å². The van der Waals surface area contributed by atoms with E-state index in [0.29, 0.717) is 0 Å². The van der Waals surface area contributed by atoms with E-state index in [4.69, 9.17) is 4.74 Å². The van der Waals surface area contributed by atoms with Gasteiger partial charge in [-0.15, -0.1) is 0 Å². The zero-order chi connectivity index (χ0) is 33.8. The van der Waals surface area contributed by atoms with Crippen LogP contribution in [0.25, 0.3) is 0 Å². The molecule has 0 spiro atoms. The van der Waals surface area contributed by atoms with Gasteiger partial charge in [0.2, 0.25) is 0 Å². The minimum absolute atomic E-state index is 0.998. The van der Waals surface area contributed by atoms with Gasteiger partial charge in [0, 0.05) is 13.2 Å². The Morgan fingerprint density at radius 2 is 0.298 bits per heavy atom.